The highest BCUT2D eigenvalue weighted by atomic mass is 32.2. The third kappa shape index (κ3) is 1.78. The highest BCUT2D eigenvalue weighted by Crippen LogP contribution is 2.62. The molecule has 0 amide bonds. The van der Waals surface area contributed by atoms with Crippen molar-refractivity contribution in [2.75, 3.05) is 18.6 Å². The van der Waals surface area contributed by atoms with Crippen LogP contribution in [-0.4, -0.2) is 28.7 Å². The van der Waals surface area contributed by atoms with Crippen molar-refractivity contribution in [3.05, 3.63) is 0 Å². The van der Waals surface area contributed by atoms with Crippen molar-refractivity contribution < 1.29 is 9.53 Å². The van der Waals surface area contributed by atoms with Crippen LogP contribution in [0.3, 0.4) is 0 Å². The minimum atomic E-state index is 0.0233. The number of hydrogen-bond donors (Lipinski definition) is 0. The average Bonchev–Trinajstić information content (AvgIpc) is 2.93. The Bertz CT molecular complexity index is 283. The SMILES string of the molecule is COC(=O)C1C[C@@H]2CC3(C[C@@H]2C1)SCCS3. The van der Waals surface area contributed by atoms with Gasteiger partial charge >= 0.3 is 5.97 Å². The molecule has 1 heterocycles. The van der Waals surface area contributed by atoms with Crippen LogP contribution in [0.1, 0.15) is 25.7 Å². The van der Waals surface area contributed by atoms with Gasteiger partial charge in [0.1, 0.15) is 0 Å². The zero-order chi connectivity index (χ0) is 11.2. The highest BCUT2D eigenvalue weighted by molar-refractivity contribution is 8.21. The molecule has 0 N–H and O–H groups in total. The predicted molar refractivity (Wildman–Crippen MR) is 68.6 cm³/mol. The molecule has 16 heavy (non-hydrogen) atoms. The number of methoxy groups -OCH3 is 1. The summed E-state index contributed by atoms with van der Waals surface area (Å²) in [6.07, 6.45) is 4.83. The molecule has 0 radical (unpaired) electrons. The lowest BCUT2D eigenvalue weighted by Gasteiger charge is -2.22. The Labute approximate surface area is 105 Å². The number of carbonyl (C=O) groups excluding carboxylic acids is 1. The largest absolute Gasteiger partial charge is 0.469 e. The van der Waals surface area contributed by atoms with Gasteiger partial charge in [0.05, 0.1) is 17.1 Å². The molecule has 0 aromatic rings. The van der Waals surface area contributed by atoms with E-state index in [2.05, 4.69) is 23.5 Å². The maximum absolute atomic E-state index is 11.5. The quantitative estimate of drug-likeness (QED) is 0.676. The number of hydrogen-bond acceptors (Lipinski definition) is 4. The van der Waals surface area contributed by atoms with Gasteiger partial charge in [-0.1, -0.05) is 0 Å². The number of fused-ring (bicyclic) bond motifs is 1. The first-order valence-corrected chi connectivity index (χ1v) is 8.05. The van der Waals surface area contributed by atoms with Crippen molar-refractivity contribution in [3.8, 4) is 0 Å². The van der Waals surface area contributed by atoms with Crippen LogP contribution in [0.2, 0.25) is 0 Å². The summed E-state index contributed by atoms with van der Waals surface area (Å²) >= 11 is 4.34. The van der Waals surface area contributed by atoms with Crippen molar-refractivity contribution in [2.45, 2.75) is 29.8 Å². The Morgan fingerprint density at radius 3 is 2.25 bits per heavy atom. The van der Waals surface area contributed by atoms with E-state index < -0.39 is 0 Å². The number of thioether (sulfide) groups is 2. The zero-order valence-corrected chi connectivity index (χ0v) is 11.2. The van der Waals surface area contributed by atoms with E-state index in [0.717, 1.165) is 24.7 Å². The summed E-state index contributed by atoms with van der Waals surface area (Å²) in [7, 11) is 1.51. The van der Waals surface area contributed by atoms with E-state index in [1.165, 1.54) is 31.5 Å². The van der Waals surface area contributed by atoms with Gasteiger partial charge in [-0.25, -0.2) is 0 Å². The van der Waals surface area contributed by atoms with Gasteiger partial charge in [-0.3, -0.25) is 4.79 Å². The maximum atomic E-state index is 11.5. The average molecular weight is 258 g/mol. The molecule has 0 aromatic carbocycles. The Morgan fingerprint density at radius 2 is 1.75 bits per heavy atom. The fourth-order valence-corrected chi connectivity index (χ4v) is 7.26. The van der Waals surface area contributed by atoms with E-state index in [-0.39, 0.29) is 11.9 Å². The molecule has 90 valence electrons. The molecular weight excluding hydrogens is 240 g/mol. The van der Waals surface area contributed by atoms with Gasteiger partial charge in [0.15, 0.2) is 0 Å². The van der Waals surface area contributed by atoms with E-state index in [1.807, 2.05) is 0 Å². The second-order valence-corrected chi connectivity index (χ2v) is 8.44. The molecular formula is C12H18O2S2. The third-order valence-corrected chi connectivity index (χ3v) is 7.84. The van der Waals surface area contributed by atoms with E-state index in [4.69, 9.17) is 4.74 Å². The van der Waals surface area contributed by atoms with E-state index in [9.17, 15) is 4.79 Å². The van der Waals surface area contributed by atoms with Crippen LogP contribution >= 0.6 is 23.5 Å². The Kier molecular flexibility index (Phi) is 2.91. The summed E-state index contributed by atoms with van der Waals surface area (Å²) in [5.74, 6) is 4.46. The van der Waals surface area contributed by atoms with E-state index >= 15 is 0 Å². The Hall–Kier alpha value is 0.170. The van der Waals surface area contributed by atoms with Gasteiger partial charge < -0.3 is 4.74 Å². The molecule has 3 rings (SSSR count). The van der Waals surface area contributed by atoms with Gasteiger partial charge in [-0.15, -0.1) is 23.5 Å². The lowest BCUT2D eigenvalue weighted by Crippen LogP contribution is -2.17. The van der Waals surface area contributed by atoms with E-state index in [1.54, 1.807) is 0 Å². The molecule has 4 heteroatoms. The molecule has 2 nitrogen and oxygen atoms in total. The number of esters is 1. The summed E-state index contributed by atoms with van der Waals surface area (Å²) in [5.41, 5.74) is 0. The van der Waals surface area contributed by atoms with Crippen LogP contribution in [0.5, 0.6) is 0 Å². The predicted octanol–water partition coefficient (Wildman–Crippen LogP) is 2.77. The first-order valence-electron chi connectivity index (χ1n) is 6.08. The minimum absolute atomic E-state index is 0.0233. The smallest absolute Gasteiger partial charge is 0.308 e. The Morgan fingerprint density at radius 1 is 1.19 bits per heavy atom. The molecule has 3 fully saturated rings. The van der Waals surface area contributed by atoms with Gasteiger partial charge in [-0.05, 0) is 37.5 Å². The molecule has 1 spiro atoms. The summed E-state index contributed by atoms with van der Waals surface area (Å²) in [4.78, 5) is 11.5. The lowest BCUT2D eigenvalue weighted by atomic mass is 10.0. The first kappa shape index (κ1) is 11.3. The monoisotopic (exact) mass is 258 g/mol. The van der Waals surface area contributed by atoms with Crippen LogP contribution in [-0.2, 0) is 9.53 Å². The van der Waals surface area contributed by atoms with Crippen molar-refractivity contribution in [3.63, 3.8) is 0 Å². The second-order valence-electron chi connectivity index (χ2n) is 5.23. The maximum Gasteiger partial charge on any atom is 0.308 e. The molecule has 2 saturated carbocycles. The van der Waals surface area contributed by atoms with Crippen LogP contribution in [0.4, 0.5) is 0 Å². The van der Waals surface area contributed by atoms with Gasteiger partial charge in [0, 0.05) is 11.5 Å². The number of rotatable bonds is 1. The summed E-state index contributed by atoms with van der Waals surface area (Å²) in [6, 6.07) is 0. The second kappa shape index (κ2) is 4.13. The summed E-state index contributed by atoms with van der Waals surface area (Å²) in [5, 5.41) is 0. The first-order chi connectivity index (χ1) is 7.72. The highest BCUT2D eigenvalue weighted by Gasteiger charge is 2.52. The van der Waals surface area contributed by atoms with Gasteiger partial charge in [0.2, 0.25) is 0 Å². The van der Waals surface area contributed by atoms with Gasteiger partial charge in [0.25, 0.3) is 0 Å². The van der Waals surface area contributed by atoms with Crippen molar-refractivity contribution >= 4 is 29.5 Å². The van der Waals surface area contributed by atoms with Crippen LogP contribution in [0, 0.1) is 17.8 Å². The van der Waals surface area contributed by atoms with Crippen LogP contribution in [0.25, 0.3) is 0 Å². The van der Waals surface area contributed by atoms with Crippen molar-refractivity contribution in [2.24, 2.45) is 17.8 Å². The topological polar surface area (TPSA) is 26.3 Å². The molecule has 1 saturated heterocycles. The van der Waals surface area contributed by atoms with E-state index in [0.29, 0.717) is 4.08 Å². The molecule has 3 aliphatic rings. The fourth-order valence-electron chi connectivity index (χ4n) is 3.69. The molecule has 0 bridgehead atoms. The minimum Gasteiger partial charge on any atom is -0.469 e. The number of ether oxygens (including phenoxy) is 1. The molecule has 1 unspecified atom stereocenters. The molecule has 0 aromatic heterocycles. The third-order valence-electron chi connectivity index (χ3n) is 4.34. The summed E-state index contributed by atoms with van der Waals surface area (Å²) in [6.45, 7) is 0. The fraction of sp³-hybridized carbons (Fsp3) is 0.917. The normalized spacial score (nSPS) is 40.2. The molecule has 2 aliphatic carbocycles. The molecule has 1 aliphatic heterocycles. The lowest BCUT2D eigenvalue weighted by molar-refractivity contribution is -0.145. The van der Waals surface area contributed by atoms with Crippen molar-refractivity contribution in [1.82, 2.24) is 0 Å². The standard InChI is InChI=1S/C12H18O2S2/c1-14-11(13)8-4-9-6-12(7-10(9)5-8)15-2-3-16-12/h8-10H,2-7H2,1H3/t8?,9-,10+. The summed E-state index contributed by atoms with van der Waals surface area (Å²) < 4.78 is 5.41. The van der Waals surface area contributed by atoms with Crippen LogP contribution in [0.15, 0.2) is 0 Å². The zero-order valence-electron chi connectivity index (χ0n) is 9.61. The van der Waals surface area contributed by atoms with Crippen molar-refractivity contribution in [1.29, 1.82) is 0 Å². The van der Waals surface area contributed by atoms with Gasteiger partial charge in [-0.2, -0.15) is 0 Å². The van der Waals surface area contributed by atoms with Crippen LogP contribution < -0.4 is 0 Å². The number of carbonyl (C=O) groups is 1. The Balaban J connectivity index is 1.64. The molecule has 3 atom stereocenters.